The second-order valence-electron chi connectivity index (χ2n) is 9.15. The Morgan fingerprint density at radius 2 is 1.84 bits per heavy atom. The Morgan fingerprint density at radius 1 is 1.10 bits per heavy atom. The van der Waals surface area contributed by atoms with E-state index in [2.05, 4.69) is 50.8 Å². The van der Waals surface area contributed by atoms with Crippen LogP contribution in [0.5, 0.6) is 5.75 Å². The zero-order valence-corrected chi connectivity index (χ0v) is 19.5. The normalized spacial score (nSPS) is 15.4. The van der Waals surface area contributed by atoms with Gasteiger partial charge in [-0.1, -0.05) is 43.7 Å². The van der Waals surface area contributed by atoms with Crippen molar-refractivity contribution in [1.29, 1.82) is 0 Å². The van der Waals surface area contributed by atoms with Gasteiger partial charge in [0, 0.05) is 29.5 Å². The number of hydrogen-bond donors (Lipinski definition) is 1. The number of rotatable bonds is 5. The highest BCUT2D eigenvalue weighted by atomic mass is 32.2. The number of hydrogen-bond acceptors (Lipinski definition) is 4. The first-order valence-electron chi connectivity index (χ1n) is 10.4. The SMILES string of the molecule is COc1cc2ccc(S(=O)(=O)O)cc2c2c1C(C)(C)CN2CCc1ccc(C)cc1C. The molecule has 0 saturated heterocycles. The maximum atomic E-state index is 11.8. The van der Waals surface area contributed by atoms with Crippen molar-refractivity contribution in [3.8, 4) is 5.75 Å². The van der Waals surface area contributed by atoms with Crippen LogP contribution in [0, 0.1) is 13.8 Å². The quantitative estimate of drug-likeness (QED) is 0.564. The molecule has 0 saturated carbocycles. The van der Waals surface area contributed by atoms with Gasteiger partial charge in [0.1, 0.15) is 5.75 Å². The van der Waals surface area contributed by atoms with E-state index in [-0.39, 0.29) is 10.3 Å². The molecule has 31 heavy (non-hydrogen) atoms. The van der Waals surface area contributed by atoms with Crippen molar-refractivity contribution in [2.75, 3.05) is 25.1 Å². The lowest BCUT2D eigenvalue weighted by Gasteiger charge is -2.23. The Bertz CT molecular complexity index is 1280. The summed E-state index contributed by atoms with van der Waals surface area (Å²) in [5, 5.41) is 1.70. The molecular formula is C25H29NO4S. The molecule has 1 N–H and O–H groups in total. The molecule has 164 valence electrons. The van der Waals surface area contributed by atoms with Crippen molar-refractivity contribution >= 4 is 26.6 Å². The molecule has 6 heteroatoms. The van der Waals surface area contributed by atoms with Crippen LogP contribution in [0.4, 0.5) is 5.69 Å². The van der Waals surface area contributed by atoms with Crippen LogP contribution in [0.2, 0.25) is 0 Å². The van der Waals surface area contributed by atoms with Gasteiger partial charge in [0.2, 0.25) is 0 Å². The second kappa shape index (κ2) is 7.53. The predicted octanol–water partition coefficient (Wildman–Crippen LogP) is 5.05. The van der Waals surface area contributed by atoms with Gasteiger partial charge in [-0.2, -0.15) is 8.42 Å². The van der Waals surface area contributed by atoms with E-state index >= 15 is 0 Å². The van der Waals surface area contributed by atoms with Crippen LogP contribution in [-0.4, -0.2) is 33.2 Å². The Hall–Kier alpha value is -2.57. The number of anilines is 1. The molecule has 0 amide bonds. The molecule has 0 atom stereocenters. The van der Waals surface area contributed by atoms with Crippen LogP contribution in [0.25, 0.3) is 10.8 Å². The molecule has 4 rings (SSSR count). The average Bonchev–Trinajstić information content (AvgIpc) is 2.96. The van der Waals surface area contributed by atoms with Crippen molar-refractivity contribution < 1.29 is 17.7 Å². The Morgan fingerprint density at radius 3 is 2.48 bits per heavy atom. The van der Waals surface area contributed by atoms with Gasteiger partial charge >= 0.3 is 0 Å². The molecule has 3 aromatic carbocycles. The van der Waals surface area contributed by atoms with Gasteiger partial charge in [-0.3, -0.25) is 4.55 Å². The van der Waals surface area contributed by atoms with E-state index in [1.807, 2.05) is 6.07 Å². The third-order valence-corrected chi connectivity index (χ3v) is 7.15. The van der Waals surface area contributed by atoms with Crippen molar-refractivity contribution in [3.63, 3.8) is 0 Å². The maximum Gasteiger partial charge on any atom is 0.294 e. The maximum absolute atomic E-state index is 11.8. The van der Waals surface area contributed by atoms with Gasteiger partial charge < -0.3 is 9.64 Å². The molecule has 0 bridgehead atoms. The predicted molar refractivity (Wildman–Crippen MR) is 125 cm³/mol. The summed E-state index contributed by atoms with van der Waals surface area (Å²) in [6, 6.07) is 13.2. The molecule has 5 nitrogen and oxygen atoms in total. The number of methoxy groups -OCH3 is 1. The summed E-state index contributed by atoms with van der Waals surface area (Å²) in [5.74, 6) is 0.807. The van der Waals surface area contributed by atoms with Gasteiger partial charge in [0.15, 0.2) is 0 Å². The summed E-state index contributed by atoms with van der Waals surface area (Å²) in [6.45, 7) is 10.2. The highest BCUT2D eigenvalue weighted by Gasteiger charge is 2.39. The zero-order valence-electron chi connectivity index (χ0n) is 18.7. The van der Waals surface area contributed by atoms with Gasteiger partial charge in [0.25, 0.3) is 10.1 Å². The van der Waals surface area contributed by atoms with E-state index in [1.54, 1.807) is 19.2 Å². The summed E-state index contributed by atoms with van der Waals surface area (Å²) in [5.41, 5.74) is 5.75. The largest absolute Gasteiger partial charge is 0.496 e. The second-order valence-corrected chi connectivity index (χ2v) is 10.6. The molecule has 0 radical (unpaired) electrons. The summed E-state index contributed by atoms with van der Waals surface area (Å²) < 4.78 is 39.0. The topological polar surface area (TPSA) is 66.8 Å². The molecule has 1 aliphatic rings. The van der Waals surface area contributed by atoms with Crippen molar-refractivity contribution in [1.82, 2.24) is 0 Å². The van der Waals surface area contributed by atoms with Crippen LogP contribution < -0.4 is 9.64 Å². The van der Waals surface area contributed by atoms with Gasteiger partial charge in [-0.15, -0.1) is 0 Å². The van der Waals surface area contributed by atoms with Gasteiger partial charge in [0.05, 0.1) is 17.7 Å². The minimum Gasteiger partial charge on any atom is -0.496 e. The number of ether oxygens (including phenoxy) is 1. The summed E-state index contributed by atoms with van der Waals surface area (Å²) in [6.07, 6.45) is 0.887. The van der Waals surface area contributed by atoms with E-state index in [1.165, 1.54) is 22.8 Å². The van der Waals surface area contributed by atoms with E-state index in [9.17, 15) is 13.0 Å². The summed E-state index contributed by atoms with van der Waals surface area (Å²) >= 11 is 0. The molecule has 0 unspecified atom stereocenters. The standard InChI is InChI=1S/C25H29NO4S/c1-16-6-7-18(17(2)12-16)10-11-26-15-25(3,4)23-22(30-5)13-19-8-9-20(31(27,28)29)14-21(19)24(23)26/h6-9,12-14H,10-11,15H2,1-5H3,(H,27,28,29). The van der Waals surface area contributed by atoms with Crippen LogP contribution in [-0.2, 0) is 22.0 Å². The van der Waals surface area contributed by atoms with E-state index in [0.717, 1.165) is 47.3 Å². The molecule has 3 aromatic rings. The smallest absolute Gasteiger partial charge is 0.294 e. The first-order chi connectivity index (χ1) is 14.5. The monoisotopic (exact) mass is 439 g/mol. The number of nitrogens with zero attached hydrogens (tertiary/aromatic N) is 1. The molecular weight excluding hydrogens is 410 g/mol. The molecule has 0 aromatic heterocycles. The fraction of sp³-hybridized carbons (Fsp3) is 0.360. The van der Waals surface area contributed by atoms with Gasteiger partial charge in [-0.25, -0.2) is 0 Å². The third kappa shape index (κ3) is 3.90. The molecule has 1 aliphatic heterocycles. The van der Waals surface area contributed by atoms with Crippen LogP contribution in [0.15, 0.2) is 47.4 Å². The fourth-order valence-electron chi connectivity index (χ4n) is 4.84. The minimum atomic E-state index is -4.29. The van der Waals surface area contributed by atoms with Crippen molar-refractivity contribution in [3.05, 3.63) is 64.7 Å². The highest BCUT2D eigenvalue weighted by molar-refractivity contribution is 7.85. The van der Waals surface area contributed by atoms with E-state index in [4.69, 9.17) is 4.74 Å². The summed E-state index contributed by atoms with van der Waals surface area (Å²) in [7, 11) is -2.62. The van der Waals surface area contributed by atoms with E-state index < -0.39 is 10.1 Å². The molecule has 0 aliphatic carbocycles. The van der Waals surface area contributed by atoms with Crippen LogP contribution in [0.3, 0.4) is 0 Å². The first-order valence-corrected chi connectivity index (χ1v) is 11.9. The van der Waals surface area contributed by atoms with Crippen LogP contribution in [0.1, 0.15) is 36.1 Å². The van der Waals surface area contributed by atoms with Crippen LogP contribution >= 0.6 is 0 Å². The third-order valence-electron chi connectivity index (χ3n) is 6.30. The fourth-order valence-corrected chi connectivity index (χ4v) is 5.35. The van der Waals surface area contributed by atoms with Crippen molar-refractivity contribution in [2.45, 2.75) is 44.4 Å². The Labute approximate surface area is 184 Å². The number of aryl methyl sites for hydroxylation is 2. The van der Waals surface area contributed by atoms with Gasteiger partial charge in [-0.05, 0) is 55.0 Å². The lowest BCUT2D eigenvalue weighted by molar-refractivity contribution is 0.399. The highest BCUT2D eigenvalue weighted by Crippen LogP contribution is 2.50. The minimum absolute atomic E-state index is 0.0913. The average molecular weight is 440 g/mol. The molecule has 1 heterocycles. The number of fused-ring (bicyclic) bond motifs is 3. The first kappa shape index (κ1) is 21.7. The molecule has 0 fully saturated rings. The zero-order chi connectivity index (χ0) is 22.6. The number of benzene rings is 3. The Kier molecular flexibility index (Phi) is 5.26. The molecule has 0 spiro atoms. The lowest BCUT2D eigenvalue weighted by Crippen LogP contribution is -2.30. The van der Waals surface area contributed by atoms with E-state index in [0.29, 0.717) is 0 Å². The summed E-state index contributed by atoms with van der Waals surface area (Å²) in [4.78, 5) is 2.24. The Balaban J connectivity index is 1.85. The van der Waals surface area contributed by atoms with Crippen molar-refractivity contribution in [2.24, 2.45) is 0 Å². The lowest BCUT2D eigenvalue weighted by atomic mass is 9.85.